The summed E-state index contributed by atoms with van der Waals surface area (Å²) >= 11 is 1.56. The van der Waals surface area contributed by atoms with Crippen LogP contribution in [0.3, 0.4) is 0 Å². The SMILES string of the molecule is CC(C)(C)N(CCC(=O)O)Cc1cscn1. The van der Waals surface area contributed by atoms with Crippen LogP contribution in [0.1, 0.15) is 32.9 Å². The molecule has 1 aromatic heterocycles. The molecular formula is C11H18N2O2S. The van der Waals surface area contributed by atoms with Crippen molar-refractivity contribution in [3.63, 3.8) is 0 Å². The maximum absolute atomic E-state index is 10.6. The van der Waals surface area contributed by atoms with Gasteiger partial charge in [-0.3, -0.25) is 9.69 Å². The lowest BCUT2D eigenvalue weighted by Gasteiger charge is -2.34. The van der Waals surface area contributed by atoms with Crippen molar-refractivity contribution >= 4 is 17.3 Å². The second-order valence-electron chi connectivity index (χ2n) is 4.72. The summed E-state index contributed by atoms with van der Waals surface area (Å²) in [5.74, 6) is -0.757. The summed E-state index contributed by atoms with van der Waals surface area (Å²) in [6.45, 7) is 7.51. The van der Waals surface area contributed by atoms with Crippen LogP contribution < -0.4 is 0 Å². The molecule has 0 fully saturated rings. The van der Waals surface area contributed by atoms with Crippen molar-refractivity contribution in [3.05, 3.63) is 16.6 Å². The first-order valence-electron chi connectivity index (χ1n) is 5.23. The third-order valence-electron chi connectivity index (χ3n) is 2.38. The van der Waals surface area contributed by atoms with Gasteiger partial charge in [0.25, 0.3) is 0 Å². The van der Waals surface area contributed by atoms with E-state index in [2.05, 4.69) is 30.7 Å². The molecule has 0 aliphatic rings. The summed E-state index contributed by atoms with van der Waals surface area (Å²) in [6, 6.07) is 0. The highest BCUT2D eigenvalue weighted by atomic mass is 32.1. The minimum absolute atomic E-state index is 0.0426. The van der Waals surface area contributed by atoms with E-state index < -0.39 is 5.97 Å². The molecule has 1 heterocycles. The number of aromatic nitrogens is 1. The predicted molar refractivity (Wildman–Crippen MR) is 64.5 cm³/mol. The molecule has 16 heavy (non-hydrogen) atoms. The average molecular weight is 242 g/mol. The number of hydrogen-bond acceptors (Lipinski definition) is 4. The fourth-order valence-electron chi connectivity index (χ4n) is 1.39. The van der Waals surface area contributed by atoms with E-state index in [1.54, 1.807) is 16.8 Å². The molecule has 0 radical (unpaired) electrons. The van der Waals surface area contributed by atoms with Crippen LogP contribution in [0, 0.1) is 0 Å². The monoisotopic (exact) mass is 242 g/mol. The summed E-state index contributed by atoms with van der Waals surface area (Å²) in [5, 5.41) is 10.7. The van der Waals surface area contributed by atoms with E-state index in [1.807, 2.05) is 5.38 Å². The molecule has 1 N–H and O–H groups in total. The lowest BCUT2D eigenvalue weighted by atomic mass is 10.1. The summed E-state index contributed by atoms with van der Waals surface area (Å²) in [4.78, 5) is 17.0. The molecule has 0 bridgehead atoms. The molecule has 0 spiro atoms. The molecule has 5 heteroatoms. The van der Waals surface area contributed by atoms with Gasteiger partial charge in [-0.25, -0.2) is 4.98 Å². The maximum atomic E-state index is 10.6. The smallest absolute Gasteiger partial charge is 0.304 e. The van der Waals surface area contributed by atoms with Gasteiger partial charge in [0.15, 0.2) is 0 Å². The predicted octanol–water partition coefficient (Wildman–Crippen LogP) is 2.22. The molecule has 0 atom stereocenters. The van der Waals surface area contributed by atoms with Gasteiger partial charge in [0.2, 0.25) is 0 Å². The molecule has 0 saturated heterocycles. The first-order valence-corrected chi connectivity index (χ1v) is 6.18. The van der Waals surface area contributed by atoms with Crippen LogP contribution in [-0.2, 0) is 11.3 Å². The van der Waals surface area contributed by atoms with Crippen LogP contribution in [0.4, 0.5) is 0 Å². The van der Waals surface area contributed by atoms with E-state index in [4.69, 9.17) is 5.11 Å². The minimum Gasteiger partial charge on any atom is -0.481 e. The van der Waals surface area contributed by atoms with Crippen molar-refractivity contribution in [3.8, 4) is 0 Å². The van der Waals surface area contributed by atoms with Crippen molar-refractivity contribution in [2.45, 2.75) is 39.3 Å². The van der Waals surface area contributed by atoms with Crippen LogP contribution >= 0.6 is 11.3 Å². The van der Waals surface area contributed by atoms with Gasteiger partial charge >= 0.3 is 5.97 Å². The summed E-state index contributed by atoms with van der Waals surface area (Å²) < 4.78 is 0. The lowest BCUT2D eigenvalue weighted by molar-refractivity contribution is -0.137. The first-order chi connectivity index (χ1) is 7.39. The van der Waals surface area contributed by atoms with Crippen molar-refractivity contribution in [2.75, 3.05) is 6.54 Å². The van der Waals surface area contributed by atoms with Crippen molar-refractivity contribution in [1.82, 2.24) is 9.88 Å². The summed E-state index contributed by atoms with van der Waals surface area (Å²) in [5.41, 5.74) is 2.76. The van der Waals surface area contributed by atoms with E-state index >= 15 is 0 Å². The maximum Gasteiger partial charge on any atom is 0.304 e. The molecule has 0 amide bonds. The van der Waals surface area contributed by atoms with Gasteiger partial charge in [-0.05, 0) is 20.8 Å². The minimum atomic E-state index is -0.757. The van der Waals surface area contributed by atoms with E-state index in [9.17, 15) is 4.79 Å². The Balaban J connectivity index is 2.61. The van der Waals surface area contributed by atoms with E-state index in [-0.39, 0.29) is 12.0 Å². The highest BCUT2D eigenvalue weighted by Gasteiger charge is 2.22. The number of carboxylic acids is 1. The van der Waals surface area contributed by atoms with E-state index in [0.29, 0.717) is 13.1 Å². The zero-order valence-electron chi connectivity index (χ0n) is 9.93. The second kappa shape index (κ2) is 5.41. The Kier molecular flexibility index (Phi) is 4.44. The molecular weight excluding hydrogens is 224 g/mol. The molecule has 1 rings (SSSR count). The summed E-state index contributed by atoms with van der Waals surface area (Å²) in [7, 11) is 0. The molecule has 0 unspecified atom stereocenters. The van der Waals surface area contributed by atoms with E-state index in [1.165, 1.54) is 0 Å². The number of carbonyl (C=O) groups is 1. The molecule has 4 nitrogen and oxygen atoms in total. The highest BCUT2D eigenvalue weighted by Crippen LogP contribution is 2.17. The van der Waals surface area contributed by atoms with Crippen LogP contribution in [-0.4, -0.2) is 33.0 Å². The normalized spacial score (nSPS) is 12.0. The first kappa shape index (κ1) is 13.1. The second-order valence-corrected chi connectivity index (χ2v) is 5.43. The van der Waals surface area contributed by atoms with Gasteiger partial charge in [-0.1, -0.05) is 0 Å². The van der Waals surface area contributed by atoms with Crippen LogP contribution in [0.25, 0.3) is 0 Å². The van der Waals surface area contributed by atoms with Gasteiger partial charge in [-0.2, -0.15) is 0 Å². The van der Waals surface area contributed by atoms with E-state index in [0.717, 1.165) is 5.69 Å². The van der Waals surface area contributed by atoms with Gasteiger partial charge in [-0.15, -0.1) is 11.3 Å². The quantitative estimate of drug-likeness (QED) is 0.860. The number of hydrogen-bond donors (Lipinski definition) is 1. The number of carboxylic acid groups (broad SMARTS) is 1. The molecule has 0 aromatic carbocycles. The van der Waals surface area contributed by atoms with Gasteiger partial charge in [0, 0.05) is 24.0 Å². The standard InChI is InChI=1S/C11H18N2O2S/c1-11(2,3)13(5-4-10(14)15)6-9-7-16-8-12-9/h7-8H,4-6H2,1-3H3,(H,14,15). The summed E-state index contributed by atoms with van der Waals surface area (Å²) in [6.07, 6.45) is 0.168. The molecule has 1 aromatic rings. The Bertz CT molecular complexity index is 330. The molecule has 0 saturated carbocycles. The molecule has 0 aliphatic heterocycles. The lowest BCUT2D eigenvalue weighted by Crippen LogP contribution is -2.42. The molecule has 0 aliphatic carbocycles. The zero-order valence-corrected chi connectivity index (χ0v) is 10.8. The largest absolute Gasteiger partial charge is 0.481 e. The van der Waals surface area contributed by atoms with Gasteiger partial charge < -0.3 is 5.11 Å². The van der Waals surface area contributed by atoms with Crippen LogP contribution in [0.2, 0.25) is 0 Å². The van der Waals surface area contributed by atoms with Crippen molar-refractivity contribution in [2.24, 2.45) is 0 Å². The average Bonchev–Trinajstić information content (AvgIpc) is 2.62. The van der Waals surface area contributed by atoms with Crippen molar-refractivity contribution < 1.29 is 9.90 Å². The van der Waals surface area contributed by atoms with Gasteiger partial charge in [0.1, 0.15) is 0 Å². The zero-order chi connectivity index (χ0) is 12.2. The Labute approximate surface area is 99.9 Å². The van der Waals surface area contributed by atoms with Gasteiger partial charge in [0.05, 0.1) is 17.6 Å². The fraction of sp³-hybridized carbons (Fsp3) is 0.636. The Hall–Kier alpha value is -0.940. The Morgan fingerprint density at radius 2 is 2.25 bits per heavy atom. The Morgan fingerprint density at radius 1 is 1.56 bits per heavy atom. The highest BCUT2D eigenvalue weighted by molar-refractivity contribution is 7.07. The molecule has 90 valence electrons. The number of nitrogens with zero attached hydrogens (tertiary/aromatic N) is 2. The fourth-order valence-corrected chi connectivity index (χ4v) is 1.94. The topological polar surface area (TPSA) is 53.4 Å². The number of aliphatic carboxylic acids is 1. The van der Waals surface area contributed by atoms with Crippen molar-refractivity contribution in [1.29, 1.82) is 0 Å². The Morgan fingerprint density at radius 3 is 2.69 bits per heavy atom. The third-order valence-corrected chi connectivity index (χ3v) is 3.02. The number of thiazole rings is 1. The third kappa shape index (κ3) is 4.28. The van der Waals surface area contributed by atoms with Crippen LogP contribution in [0.15, 0.2) is 10.9 Å². The van der Waals surface area contributed by atoms with Crippen LogP contribution in [0.5, 0.6) is 0 Å². The number of rotatable bonds is 5.